The molecule has 0 aliphatic heterocycles. The van der Waals surface area contributed by atoms with E-state index in [9.17, 15) is 4.79 Å². The topological polar surface area (TPSA) is 70.7 Å². The van der Waals surface area contributed by atoms with Crippen molar-refractivity contribution in [2.75, 3.05) is 11.9 Å². The maximum absolute atomic E-state index is 10.9. The summed E-state index contributed by atoms with van der Waals surface area (Å²) in [6.07, 6.45) is 3.44. The number of pyridine rings is 1. The summed E-state index contributed by atoms with van der Waals surface area (Å²) >= 11 is 1.38. The van der Waals surface area contributed by atoms with Crippen molar-refractivity contribution in [3.05, 3.63) is 40.1 Å². The van der Waals surface area contributed by atoms with Crippen LogP contribution in [0.2, 0.25) is 0 Å². The standard InChI is InChI=1S/C11H14N4OS/c1-2-9-14-11(17-15-9)12-6-5-8-3-4-10(16)13-7-8/h3-4,7H,2,5-6H2,1H3,(H,13,16)(H,12,14,15). The molecular weight excluding hydrogens is 236 g/mol. The van der Waals surface area contributed by atoms with Gasteiger partial charge >= 0.3 is 0 Å². The first kappa shape index (κ1) is 11.8. The molecule has 0 aliphatic rings. The summed E-state index contributed by atoms with van der Waals surface area (Å²) in [5.41, 5.74) is 1.02. The lowest BCUT2D eigenvalue weighted by Gasteiger charge is -2.01. The Morgan fingerprint density at radius 2 is 2.35 bits per heavy atom. The van der Waals surface area contributed by atoms with E-state index in [2.05, 4.69) is 19.7 Å². The maximum Gasteiger partial charge on any atom is 0.247 e. The van der Waals surface area contributed by atoms with Crippen molar-refractivity contribution >= 4 is 16.7 Å². The predicted octanol–water partition coefficient (Wildman–Crippen LogP) is 1.44. The van der Waals surface area contributed by atoms with Gasteiger partial charge in [-0.05, 0) is 12.0 Å². The van der Waals surface area contributed by atoms with Gasteiger partial charge in [0.15, 0.2) is 0 Å². The molecule has 0 aromatic carbocycles. The van der Waals surface area contributed by atoms with Crippen molar-refractivity contribution < 1.29 is 0 Å². The molecule has 5 nitrogen and oxygen atoms in total. The Labute approximate surface area is 103 Å². The monoisotopic (exact) mass is 250 g/mol. The number of nitrogens with one attached hydrogen (secondary N) is 2. The highest BCUT2D eigenvalue weighted by molar-refractivity contribution is 7.09. The molecule has 0 bridgehead atoms. The van der Waals surface area contributed by atoms with Gasteiger partial charge in [0.2, 0.25) is 10.7 Å². The normalized spacial score (nSPS) is 10.4. The van der Waals surface area contributed by atoms with Crippen molar-refractivity contribution in [2.45, 2.75) is 19.8 Å². The molecular formula is C11H14N4OS. The van der Waals surface area contributed by atoms with Crippen LogP contribution in [0.3, 0.4) is 0 Å². The summed E-state index contributed by atoms with van der Waals surface area (Å²) in [7, 11) is 0. The van der Waals surface area contributed by atoms with Gasteiger partial charge in [-0.25, -0.2) is 4.98 Å². The third-order valence-electron chi connectivity index (χ3n) is 2.32. The van der Waals surface area contributed by atoms with Crippen molar-refractivity contribution in [1.82, 2.24) is 14.3 Å². The van der Waals surface area contributed by atoms with Crippen LogP contribution in [0.25, 0.3) is 0 Å². The van der Waals surface area contributed by atoms with Gasteiger partial charge in [0.25, 0.3) is 0 Å². The van der Waals surface area contributed by atoms with Gasteiger partial charge in [-0.15, -0.1) is 0 Å². The largest absolute Gasteiger partial charge is 0.360 e. The highest BCUT2D eigenvalue weighted by Crippen LogP contribution is 2.11. The molecule has 6 heteroatoms. The van der Waals surface area contributed by atoms with E-state index in [0.717, 1.165) is 35.9 Å². The van der Waals surface area contributed by atoms with Crippen LogP contribution in [-0.2, 0) is 12.8 Å². The summed E-state index contributed by atoms with van der Waals surface area (Å²) in [5, 5.41) is 4.07. The Morgan fingerprint density at radius 3 is 3.00 bits per heavy atom. The van der Waals surface area contributed by atoms with Gasteiger partial charge in [-0.1, -0.05) is 13.0 Å². The molecule has 0 atom stereocenters. The second-order valence-corrected chi connectivity index (χ2v) is 4.36. The van der Waals surface area contributed by atoms with Crippen molar-refractivity contribution in [2.24, 2.45) is 0 Å². The lowest BCUT2D eigenvalue weighted by molar-refractivity contribution is 0.971. The number of hydrogen-bond acceptors (Lipinski definition) is 5. The molecule has 2 aromatic heterocycles. The molecule has 2 N–H and O–H groups in total. The van der Waals surface area contributed by atoms with E-state index in [-0.39, 0.29) is 5.56 Å². The Kier molecular flexibility index (Phi) is 3.87. The number of nitrogens with zero attached hydrogens (tertiary/aromatic N) is 2. The molecule has 0 radical (unpaired) electrons. The zero-order chi connectivity index (χ0) is 12.1. The molecule has 0 saturated carbocycles. The van der Waals surface area contributed by atoms with Crippen LogP contribution in [0.1, 0.15) is 18.3 Å². The fourth-order valence-electron chi connectivity index (χ4n) is 1.38. The average Bonchev–Trinajstić information content (AvgIpc) is 2.80. The van der Waals surface area contributed by atoms with Crippen LogP contribution in [0.4, 0.5) is 5.13 Å². The lowest BCUT2D eigenvalue weighted by Crippen LogP contribution is -2.08. The SMILES string of the molecule is CCc1nsc(NCCc2ccc(=O)[nH]c2)n1. The van der Waals surface area contributed by atoms with Crippen LogP contribution in [-0.4, -0.2) is 20.9 Å². The minimum Gasteiger partial charge on any atom is -0.360 e. The second-order valence-electron chi connectivity index (χ2n) is 3.61. The number of rotatable bonds is 5. The first-order valence-corrected chi connectivity index (χ1v) is 6.29. The van der Waals surface area contributed by atoms with Crippen LogP contribution < -0.4 is 10.9 Å². The third kappa shape index (κ3) is 3.39. The van der Waals surface area contributed by atoms with E-state index in [1.807, 2.05) is 13.0 Å². The van der Waals surface area contributed by atoms with Crippen LogP contribution in [0.5, 0.6) is 0 Å². The number of aromatic nitrogens is 3. The first-order valence-electron chi connectivity index (χ1n) is 5.52. The molecule has 0 amide bonds. The summed E-state index contributed by atoms with van der Waals surface area (Å²) in [6.45, 7) is 2.82. The molecule has 2 heterocycles. The van der Waals surface area contributed by atoms with Gasteiger partial charge in [-0.2, -0.15) is 4.37 Å². The van der Waals surface area contributed by atoms with Gasteiger partial charge in [-0.3, -0.25) is 4.79 Å². The van der Waals surface area contributed by atoms with Gasteiger partial charge in [0.1, 0.15) is 5.82 Å². The predicted molar refractivity (Wildman–Crippen MR) is 68.5 cm³/mol. The number of hydrogen-bond donors (Lipinski definition) is 2. The summed E-state index contributed by atoms with van der Waals surface area (Å²) in [4.78, 5) is 17.8. The summed E-state index contributed by atoms with van der Waals surface area (Å²) in [6, 6.07) is 3.37. The fourth-order valence-corrected chi connectivity index (χ4v) is 2.06. The van der Waals surface area contributed by atoms with Gasteiger partial charge in [0, 0.05) is 36.8 Å². The van der Waals surface area contributed by atoms with E-state index in [0.29, 0.717) is 0 Å². The Morgan fingerprint density at radius 1 is 1.47 bits per heavy atom. The van der Waals surface area contributed by atoms with Crippen LogP contribution in [0.15, 0.2) is 23.1 Å². The van der Waals surface area contributed by atoms with Crippen molar-refractivity contribution in [3.8, 4) is 0 Å². The molecule has 0 aliphatic carbocycles. The van der Waals surface area contributed by atoms with E-state index in [4.69, 9.17) is 0 Å². The Bertz CT molecular complexity index is 514. The highest BCUT2D eigenvalue weighted by atomic mass is 32.1. The molecule has 0 saturated heterocycles. The van der Waals surface area contributed by atoms with E-state index in [1.54, 1.807) is 6.20 Å². The zero-order valence-corrected chi connectivity index (χ0v) is 10.4. The van der Waals surface area contributed by atoms with Crippen molar-refractivity contribution in [3.63, 3.8) is 0 Å². The van der Waals surface area contributed by atoms with Gasteiger partial charge in [0.05, 0.1) is 0 Å². The first-order chi connectivity index (χ1) is 8.28. The maximum atomic E-state index is 10.9. The zero-order valence-electron chi connectivity index (χ0n) is 9.56. The smallest absolute Gasteiger partial charge is 0.247 e. The summed E-state index contributed by atoms with van der Waals surface area (Å²) in [5.74, 6) is 0.876. The highest BCUT2D eigenvalue weighted by Gasteiger charge is 2.01. The third-order valence-corrected chi connectivity index (χ3v) is 3.03. The van der Waals surface area contributed by atoms with E-state index >= 15 is 0 Å². The molecule has 0 fully saturated rings. The van der Waals surface area contributed by atoms with Crippen LogP contribution in [0, 0.1) is 0 Å². The fraction of sp³-hybridized carbons (Fsp3) is 0.364. The molecule has 0 unspecified atom stereocenters. The van der Waals surface area contributed by atoms with Gasteiger partial charge < -0.3 is 10.3 Å². The van der Waals surface area contributed by atoms with Crippen molar-refractivity contribution in [1.29, 1.82) is 0 Å². The minimum absolute atomic E-state index is 0.0709. The molecule has 90 valence electrons. The average molecular weight is 250 g/mol. The Hall–Kier alpha value is -1.69. The number of aryl methyl sites for hydroxylation is 1. The quantitative estimate of drug-likeness (QED) is 0.842. The van der Waals surface area contributed by atoms with Crippen LogP contribution >= 0.6 is 11.5 Å². The number of aromatic amines is 1. The number of anilines is 1. The van der Waals surface area contributed by atoms with E-state index < -0.39 is 0 Å². The molecule has 0 spiro atoms. The lowest BCUT2D eigenvalue weighted by atomic mass is 10.2. The number of H-pyrrole nitrogens is 1. The molecule has 2 rings (SSSR count). The minimum atomic E-state index is -0.0709. The van der Waals surface area contributed by atoms with E-state index in [1.165, 1.54) is 17.6 Å². The Balaban J connectivity index is 1.83. The molecule has 17 heavy (non-hydrogen) atoms. The second kappa shape index (κ2) is 5.58. The summed E-state index contributed by atoms with van der Waals surface area (Å²) < 4.78 is 4.19. The molecule has 2 aromatic rings.